The second-order valence-electron chi connectivity index (χ2n) is 6.17. The van der Waals surface area contributed by atoms with Gasteiger partial charge in [0.15, 0.2) is 11.4 Å². The number of fused-ring (bicyclic) bond motifs is 1. The summed E-state index contributed by atoms with van der Waals surface area (Å²) in [6.07, 6.45) is 2.13. The summed E-state index contributed by atoms with van der Waals surface area (Å²) in [5.41, 5.74) is 2.25. The number of rotatable bonds is 3. The van der Waals surface area contributed by atoms with Gasteiger partial charge in [-0.15, -0.1) is 5.10 Å². The number of oxazole rings is 1. The molecule has 0 bridgehead atoms. The van der Waals surface area contributed by atoms with Crippen molar-refractivity contribution in [1.29, 1.82) is 5.26 Å². The Hall–Kier alpha value is -3.46. The van der Waals surface area contributed by atoms with Crippen molar-refractivity contribution in [3.05, 3.63) is 53.9 Å². The number of H-pyrrole nitrogens is 1. The summed E-state index contributed by atoms with van der Waals surface area (Å²) in [7, 11) is 0. The van der Waals surface area contributed by atoms with E-state index in [0.29, 0.717) is 23.2 Å². The van der Waals surface area contributed by atoms with Crippen LogP contribution in [0.1, 0.15) is 30.2 Å². The molecule has 1 N–H and O–H groups in total. The van der Waals surface area contributed by atoms with E-state index in [4.69, 9.17) is 9.40 Å². The topological polar surface area (TPSA) is 91.4 Å². The number of benzene rings is 2. The fraction of sp³-hybridized carbons (Fsp3) is 0.158. The second kappa shape index (κ2) is 5.28. The minimum Gasteiger partial charge on any atom is -0.440 e. The van der Waals surface area contributed by atoms with E-state index in [1.54, 1.807) is 0 Å². The first kappa shape index (κ1) is 13.9. The fourth-order valence-electron chi connectivity index (χ4n) is 3.12. The van der Waals surface area contributed by atoms with Gasteiger partial charge >= 0.3 is 0 Å². The van der Waals surface area contributed by atoms with Crippen molar-refractivity contribution in [1.82, 2.24) is 20.4 Å². The number of hydrogen-bond acceptors (Lipinski definition) is 5. The molecule has 120 valence electrons. The second-order valence-corrected chi connectivity index (χ2v) is 6.17. The highest BCUT2D eigenvalue weighted by Crippen LogP contribution is 2.46. The van der Waals surface area contributed by atoms with E-state index in [1.807, 2.05) is 24.3 Å². The minimum absolute atomic E-state index is 0.236. The van der Waals surface area contributed by atoms with Crippen LogP contribution in [0.2, 0.25) is 0 Å². The van der Waals surface area contributed by atoms with E-state index in [0.717, 1.165) is 34.9 Å². The Balaban J connectivity index is 1.73. The normalized spacial score (nSPS) is 13.9. The van der Waals surface area contributed by atoms with E-state index >= 15 is 0 Å². The van der Waals surface area contributed by atoms with Gasteiger partial charge in [-0.25, -0.2) is 4.98 Å². The standard InChI is InChI=1S/C19H13N5O/c20-10-15-16(23-24-22-15)17-18(12-8-9-12)25-19(21-17)14-7-3-5-11-4-1-2-6-13(11)14/h1-7,12H,8-9H2,(H,22,23,24). The molecule has 0 atom stereocenters. The molecule has 1 saturated carbocycles. The van der Waals surface area contributed by atoms with Crippen LogP contribution in [-0.2, 0) is 0 Å². The quantitative estimate of drug-likeness (QED) is 0.613. The lowest BCUT2D eigenvalue weighted by molar-refractivity contribution is 0.522. The Morgan fingerprint density at radius 1 is 1.04 bits per heavy atom. The molecule has 0 radical (unpaired) electrons. The summed E-state index contributed by atoms with van der Waals surface area (Å²) in [4.78, 5) is 4.70. The Labute approximate surface area is 143 Å². The first-order chi connectivity index (χ1) is 12.3. The highest BCUT2D eigenvalue weighted by atomic mass is 16.4. The van der Waals surface area contributed by atoms with Gasteiger partial charge in [-0.1, -0.05) is 36.4 Å². The van der Waals surface area contributed by atoms with Crippen molar-refractivity contribution in [2.24, 2.45) is 0 Å². The third-order valence-corrected chi connectivity index (χ3v) is 4.50. The van der Waals surface area contributed by atoms with E-state index in [9.17, 15) is 5.26 Å². The maximum Gasteiger partial charge on any atom is 0.227 e. The Kier molecular flexibility index (Phi) is 2.94. The van der Waals surface area contributed by atoms with Crippen molar-refractivity contribution < 1.29 is 4.42 Å². The van der Waals surface area contributed by atoms with Gasteiger partial charge in [-0.3, -0.25) is 0 Å². The third-order valence-electron chi connectivity index (χ3n) is 4.50. The van der Waals surface area contributed by atoms with Gasteiger partial charge in [-0.05, 0) is 29.7 Å². The lowest BCUT2D eigenvalue weighted by Gasteiger charge is -2.02. The maximum atomic E-state index is 9.25. The molecule has 25 heavy (non-hydrogen) atoms. The van der Waals surface area contributed by atoms with Crippen molar-refractivity contribution in [2.75, 3.05) is 0 Å². The van der Waals surface area contributed by atoms with E-state index in [2.05, 4.69) is 39.7 Å². The molecule has 0 spiro atoms. The molecule has 6 nitrogen and oxygen atoms in total. The van der Waals surface area contributed by atoms with Gasteiger partial charge in [0.2, 0.25) is 5.89 Å². The molecular formula is C19H13N5O. The third kappa shape index (κ3) is 2.21. The largest absolute Gasteiger partial charge is 0.440 e. The van der Waals surface area contributed by atoms with E-state index < -0.39 is 0 Å². The highest BCUT2D eigenvalue weighted by Gasteiger charge is 2.34. The molecule has 1 fully saturated rings. The summed E-state index contributed by atoms with van der Waals surface area (Å²) in [5, 5.41) is 22.0. The van der Waals surface area contributed by atoms with Crippen LogP contribution >= 0.6 is 0 Å². The summed E-state index contributed by atoms with van der Waals surface area (Å²) >= 11 is 0. The summed E-state index contributed by atoms with van der Waals surface area (Å²) in [6.45, 7) is 0. The van der Waals surface area contributed by atoms with Crippen LogP contribution in [-0.4, -0.2) is 20.4 Å². The predicted octanol–water partition coefficient (Wildman–Crippen LogP) is 4.03. The molecular weight excluding hydrogens is 314 g/mol. The monoisotopic (exact) mass is 327 g/mol. The number of aromatic nitrogens is 4. The molecule has 0 saturated heterocycles. The van der Waals surface area contributed by atoms with Crippen LogP contribution in [0, 0.1) is 11.3 Å². The molecule has 0 unspecified atom stereocenters. The summed E-state index contributed by atoms with van der Waals surface area (Å²) in [5.74, 6) is 1.70. The Bertz CT molecular complexity index is 1120. The van der Waals surface area contributed by atoms with Gasteiger partial charge in [0, 0.05) is 11.5 Å². The first-order valence-corrected chi connectivity index (χ1v) is 8.15. The van der Waals surface area contributed by atoms with Crippen molar-refractivity contribution in [3.8, 4) is 28.9 Å². The minimum atomic E-state index is 0.236. The smallest absolute Gasteiger partial charge is 0.227 e. The van der Waals surface area contributed by atoms with E-state index in [1.165, 1.54) is 0 Å². The van der Waals surface area contributed by atoms with Crippen LogP contribution < -0.4 is 0 Å². The van der Waals surface area contributed by atoms with Crippen molar-refractivity contribution in [2.45, 2.75) is 18.8 Å². The lowest BCUT2D eigenvalue weighted by atomic mass is 10.0. The fourth-order valence-corrected chi connectivity index (χ4v) is 3.12. The lowest BCUT2D eigenvalue weighted by Crippen LogP contribution is -1.88. The Morgan fingerprint density at radius 2 is 1.88 bits per heavy atom. The van der Waals surface area contributed by atoms with Crippen LogP contribution in [0.3, 0.4) is 0 Å². The van der Waals surface area contributed by atoms with Gasteiger partial charge in [0.25, 0.3) is 0 Å². The van der Waals surface area contributed by atoms with Gasteiger partial charge in [0.05, 0.1) is 0 Å². The molecule has 2 heterocycles. The number of nitriles is 1. The molecule has 0 aliphatic heterocycles. The summed E-state index contributed by atoms with van der Waals surface area (Å²) in [6, 6.07) is 16.3. The molecule has 1 aliphatic carbocycles. The number of nitrogens with one attached hydrogen (secondary N) is 1. The number of aromatic amines is 1. The molecule has 2 aromatic heterocycles. The van der Waals surface area contributed by atoms with Crippen LogP contribution in [0.15, 0.2) is 46.9 Å². The summed E-state index contributed by atoms with van der Waals surface area (Å²) < 4.78 is 6.15. The molecule has 1 aliphatic rings. The average Bonchev–Trinajstić information content (AvgIpc) is 3.23. The van der Waals surface area contributed by atoms with Crippen LogP contribution in [0.5, 0.6) is 0 Å². The van der Waals surface area contributed by atoms with Crippen LogP contribution in [0.25, 0.3) is 33.6 Å². The number of nitrogens with zero attached hydrogens (tertiary/aromatic N) is 4. The molecule has 5 rings (SSSR count). The zero-order valence-corrected chi connectivity index (χ0v) is 13.2. The average molecular weight is 327 g/mol. The van der Waals surface area contributed by atoms with Gasteiger partial charge in [0.1, 0.15) is 17.5 Å². The molecule has 6 heteroatoms. The molecule has 0 amide bonds. The zero-order chi connectivity index (χ0) is 16.8. The van der Waals surface area contributed by atoms with Crippen molar-refractivity contribution >= 4 is 10.8 Å². The Morgan fingerprint density at radius 3 is 2.72 bits per heavy atom. The number of hydrogen-bond donors (Lipinski definition) is 1. The maximum absolute atomic E-state index is 9.25. The van der Waals surface area contributed by atoms with E-state index in [-0.39, 0.29) is 5.69 Å². The van der Waals surface area contributed by atoms with Crippen LogP contribution in [0.4, 0.5) is 0 Å². The molecule has 2 aromatic carbocycles. The van der Waals surface area contributed by atoms with Gasteiger partial charge in [-0.2, -0.15) is 15.6 Å². The predicted molar refractivity (Wildman–Crippen MR) is 91.5 cm³/mol. The highest BCUT2D eigenvalue weighted by molar-refractivity contribution is 5.95. The first-order valence-electron chi connectivity index (χ1n) is 8.15. The SMILES string of the molecule is N#Cc1n[nH]nc1-c1nc(-c2cccc3ccccc23)oc1C1CC1. The van der Waals surface area contributed by atoms with Crippen molar-refractivity contribution in [3.63, 3.8) is 0 Å². The van der Waals surface area contributed by atoms with Gasteiger partial charge < -0.3 is 4.42 Å². The zero-order valence-electron chi connectivity index (χ0n) is 13.2. The molecule has 4 aromatic rings.